The summed E-state index contributed by atoms with van der Waals surface area (Å²) in [5, 5.41) is 13.9. The largest absolute Gasteiger partial charge is 0.409 e. The van der Waals surface area contributed by atoms with Gasteiger partial charge in [-0.1, -0.05) is 12.1 Å². The van der Waals surface area contributed by atoms with E-state index in [-0.39, 0.29) is 24.1 Å². The standard InChI is InChI=1S/C10H20N4O3/c1-4-7(9(11)13-17)10(16)14(3)6-5-8(15)12-2/h7,17H,4-6H2,1-3H3,(H2,11,13)(H,12,15). The van der Waals surface area contributed by atoms with Gasteiger partial charge in [0.2, 0.25) is 11.8 Å². The van der Waals surface area contributed by atoms with Crippen molar-refractivity contribution in [2.24, 2.45) is 16.8 Å². The molecule has 1 atom stereocenters. The number of carbonyl (C=O) groups is 2. The highest BCUT2D eigenvalue weighted by Gasteiger charge is 2.24. The second kappa shape index (κ2) is 7.48. The van der Waals surface area contributed by atoms with E-state index in [1.165, 1.54) is 11.9 Å². The zero-order valence-electron chi connectivity index (χ0n) is 10.4. The molecule has 0 fully saturated rings. The van der Waals surface area contributed by atoms with Gasteiger partial charge in [-0.3, -0.25) is 9.59 Å². The highest BCUT2D eigenvalue weighted by Crippen LogP contribution is 2.07. The van der Waals surface area contributed by atoms with Crippen molar-refractivity contribution in [1.82, 2.24) is 10.2 Å². The minimum atomic E-state index is -0.644. The average Bonchev–Trinajstić information content (AvgIpc) is 2.35. The SMILES string of the molecule is CCC(C(=O)N(C)CCC(=O)NC)C(N)=NO. The van der Waals surface area contributed by atoms with Crippen molar-refractivity contribution in [3.63, 3.8) is 0 Å². The van der Waals surface area contributed by atoms with Gasteiger partial charge in [-0.15, -0.1) is 0 Å². The van der Waals surface area contributed by atoms with E-state index in [2.05, 4.69) is 10.5 Å². The van der Waals surface area contributed by atoms with E-state index in [1.807, 2.05) is 0 Å². The summed E-state index contributed by atoms with van der Waals surface area (Å²) in [7, 11) is 3.12. The minimum absolute atomic E-state index is 0.107. The Bertz CT molecular complexity index is 304. The molecule has 7 nitrogen and oxygen atoms in total. The van der Waals surface area contributed by atoms with Crippen LogP contribution in [0.25, 0.3) is 0 Å². The molecule has 0 aromatic rings. The highest BCUT2D eigenvalue weighted by molar-refractivity contribution is 6.02. The number of carbonyl (C=O) groups excluding carboxylic acids is 2. The number of nitrogens with one attached hydrogen (secondary N) is 1. The van der Waals surface area contributed by atoms with Gasteiger partial charge in [0.15, 0.2) is 5.84 Å². The number of amidine groups is 1. The molecular formula is C10H20N4O3. The molecule has 0 rings (SSSR count). The summed E-state index contributed by atoms with van der Waals surface area (Å²) < 4.78 is 0. The first-order chi connectivity index (χ1) is 7.97. The Morgan fingerprint density at radius 3 is 2.53 bits per heavy atom. The number of amides is 2. The van der Waals surface area contributed by atoms with Crippen molar-refractivity contribution in [3.05, 3.63) is 0 Å². The Morgan fingerprint density at radius 1 is 1.53 bits per heavy atom. The fourth-order valence-corrected chi connectivity index (χ4v) is 1.35. The zero-order valence-corrected chi connectivity index (χ0v) is 10.4. The first-order valence-electron chi connectivity index (χ1n) is 5.40. The Hall–Kier alpha value is -1.79. The van der Waals surface area contributed by atoms with Gasteiger partial charge in [-0.05, 0) is 6.42 Å². The monoisotopic (exact) mass is 244 g/mol. The molecule has 0 aliphatic carbocycles. The van der Waals surface area contributed by atoms with E-state index in [9.17, 15) is 9.59 Å². The van der Waals surface area contributed by atoms with Gasteiger partial charge in [-0.2, -0.15) is 0 Å². The Kier molecular flexibility index (Phi) is 6.69. The smallest absolute Gasteiger partial charge is 0.233 e. The molecule has 17 heavy (non-hydrogen) atoms. The quantitative estimate of drug-likeness (QED) is 0.250. The van der Waals surface area contributed by atoms with Crippen molar-refractivity contribution >= 4 is 17.6 Å². The summed E-state index contributed by atoms with van der Waals surface area (Å²) in [6, 6.07) is 0. The molecule has 2 amide bonds. The third-order valence-electron chi connectivity index (χ3n) is 2.51. The van der Waals surface area contributed by atoms with Crippen molar-refractivity contribution in [2.75, 3.05) is 20.6 Å². The summed E-state index contributed by atoms with van der Waals surface area (Å²) >= 11 is 0. The van der Waals surface area contributed by atoms with Gasteiger partial charge in [0.1, 0.15) is 0 Å². The molecule has 0 aliphatic rings. The van der Waals surface area contributed by atoms with Crippen LogP contribution in [0.15, 0.2) is 5.16 Å². The Morgan fingerprint density at radius 2 is 2.12 bits per heavy atom. The third kappa shape index (κ3) is 4.71. The van der Waals surface area contributed by atoms with Crippen molar-refractivity contribution in [2.45, 2.75) is 19.8 Å². The normalized spacial score (nSPS) is 13.0. The van der Waals surface area contributed by atoms with Crippen LogP contribution in [0.4, 0.5) is 0 Å². The van der Waals surface area contributed by atoms with E-state index in [1.54, 1.807) is 14.0 Å². The van der Waals surface area contributed by atoms with Crippen molar-refractivity contribution in [3.8, 4) is 0 Å². The van der Waals surface area contributed by atoms with E-state index >= 15 is 0 Å². The molecule has 1 unspecified atom stereocenters. The molecular weight excluding hydrogens is 224 g/mol. The predicted molar refractivity (Wildman–Crippen MR) is 63.5 cm³/mol. The first-order valence-corrected chi connectivity index (χ1v) is 5.40. The van der Waals surface area contributed by atoms with Crippen LogP contribution >= 0.6 is 0 Å². The lowest BCUT2D eigenvalue weighted by molar-refractivity contribution is -0.132. The summed E-state index contributed by atoms with van der Waals surface area (Å²) in [6.45, 7) is 2.07. The van der Waals surface area contributed by atoms with Crippen LogP contribution < -0.4 is 11.1 Å². The van der Waals surface area contributed by atoms with E-state index in [0.717, 1.165) is 0 Å². The molecule has 4 N–H and O–H groups in total. The van der Waals surface area contributed by atoms with Crippen LogP contribution in [0.2, 0.25) is 0 Å². The number of rotatable bonds is 6. The van der Waals surface area contributed by atoms with E-state index in [0.29, 0.717) is 13.0 Å². The average molecular weight is 244 g/mol. The second-order valence-electron chi connectivity index (χ2n) is 3.67. The van der Waals surface area contributed by atoms with Crippen molar-refractivity contribution < 1.29 is 14.8 Å². The van der Waals surface area contributed by atoms with Crippen LogP contribution in [0.3, 0.4) is 0 Å². The lowest BCUT2D eigenvalue weighted by atomic mass is 10.0. The van der Waals surface area contributed by atoms with E-state index < -0.39 is 5.92 Å². The Labute approximate surface area is 101 Å². The molecule has 0 saturated heterocycles. The molecule has 0 spiro atoms. The van der Waals surface area contributed by atoms with Crippen LogP contribution in [-0.2, 0) is 9.59 Å². The number of nitrogens with two attached hydrogens (primary N) is 1. The first kappa shape index (κ1) is 15.2. The molecule has 7 heteroatoms. The van der Waals surface area contributed by atoms with E-state index in [4.69, 9.17) is 10.9 Å². The number of nitrogens with zero attached hydrogens (tertiary/aromatic N) is 2. The van der Waals surface area contributed by atoms with Gasteiger partial charge in [0.05, 0.1) is 5.92 Å². The van der Waals surface area contributed by atoms with Gasteiger partial charge in [-0.25, -0.2) is 0 Å². The minimum Gasteiger partial charge on any atom is -0.409 e. The van der Waals surface area contributed by atoms with Crippen LogP contribution in [0, 0.1) is 5.92 Å². The maximum atomic E-state index is 11.9. The number of oxime groups is 1. The third-order valence-corrected chi connectivity index (χ3v) is 2.51. The predicted octanol–water partition coefficient (Wildman–Crippen LogP) is -0.646. The molecule has 0 heterocycles. The van der Waals surface area contributed by atoms with Crippen LogP contribution in [-0.4, -0.2) is 48.4 Å². The van der Waals surface area contributed by atoms with Crippen LogP contribution in [0.1, 0.15) is 19.8 Å². The lowest BCUT2D eigenvalue weighted by Gasteiger charge is -2.21. The molecule has 0 saturated carbocycles. The van der Waals surface area contributed by atoms with Crippen LogP contribution in [0.5, 0.6) is 0 Å². The van der Waals surface area contributed by atoms with Gasteiger partial charge >= 0.3 is 0 Å². The summed E-state index contributed by atoms with van der Waals surface area (Å²) in [5.41, 5.74) is 5.42. The van der Waals surface area contributed by atoms with Gasteiger partial charge in [0.25, 0.3) is 0 Å². The topological polar surface area (TPSA) is 108 Å². The highest BCUT2D eigenvalue weighted by atomic mass is 16.4. The summed E-state index contributed by atoms with van der Waals surface area (Å²) in [4.78, 5) is 24.3. The maximum absolute atomic E-state index is 11.9. The zero-order chi connectivity index (χ0) is 13.4. The van der Waals surface area contributed by atoms with Gasteiger partial charge in [0, 0.05) is 27.1 Å². The summed E-state index contributed by atoms with van der Waals surface area (Å²) in [5.74, 6) is -1.15. The molecule has 0 aromatic heterocycles. The molecule has 98 valence electrons. The van der Waals surface area contributed by atoms with Crippen molar-refractivity contribution in [1.29, 1.82) is 0 Å². The lowest BCUT2D eigenvalue weighted by Crippen LogP contribution is -2.41. The fourth-order valence-electron chi connectivity index (χ4n) is 1.35. The number of hydrogen-bond acceptors (Lipinski definition) is 4. The summed E-state index contributed by atoms with van der Waals surface area (Å²) in [6.07, 6.45) is 0.671. The number of hydrogen-bond donors (Lipinski definition) is 3. The second-order valence-corrected chi connectivity index (χ2v) is 3.67. The molecule has 0 radical (unpaired) electrons. The molecule has 0 aliphatic heterocycles. The fraction of sp³-hybridized carbons (Fsp3) is 0.700. The molecule has 0 aromatic carbocycles. The maximum Gasteiger partial charge on any atom is 0.233 e. The molecule has 0 bridgehead atoms. The van der Waals surface area contributed by atoms with Gasteiger partial charge < -0.3 is 21.2 Å². The Balaban J connectivity index is 4.42.